The van der Waals surface area contributed by atoms with Crippen molar-refractivity contribution in [3.8, 4) is 0 Å². The lowest BCUT2D eigenvalue weighted by Crippen LogP contribution is -2.26. The van der Waals surface area contributed by atoms with Crippen LogP contribution in [0.4, 0.5) is 0 Å². The number of hydrogen-bond donors (Lipinski definition) is 1. The monoisotopic (exact) mass is 272 g/mol. The molecule has 2 rings (SSSR count). The number of oxazole rings is 1. The average Bonchev–Trinajstić information content (AvgIpc) is 2.73. The number of hydrogen-bond acceptors (Lipinski definition) is 5. The molecule has 1 fully saturated rings. The van der Waals surface area contributed by atoms with E-state index in [1.54, 1.807) is 6.26 Å². The molecule has 0 bridgehead atoms. The van der Waals surface area contributed by atoms with E-state index >= 15 is 0 Å². The third-order valence-corrected chi connectivity index (χ3v) is 5.14. The average molecular weight is 272 g/mol. The molecule has 0 radical (unpaired) electrons. The summed E-state index contributed by atoms with van der Waals surface area (Å²) in [4.78, 5) is 4.39. The summed E-state index contributed by atoms with van der Waals surface area (Å²) in [6.07, 6.45) is 4.86. The second-order valence-corrected chi connectivity index (χ2v) is 7.14. The molecule has 1 aliphatic rings. The number of nitrogens with one attached hydrogen (secondary N) is 1. The van der Waals surface area contributed by atoms with Crippen LogP contribution in [0.5, 0.6) is 0 Å². The molecule has 5 nitrogen and oxygen atoms in total. The first-order valence-electron chi connectivity index (χ1n) is 6.37. The minimum atomic E-state index is -2.84. The molecule has 2 heterocycles. The zero-order valence-electron chi connectivity index (χ0n) is 10.7. The quantitative estimate of drug-likeness (QED) is 0.858. The summed E-state index contributed by atoms with van der Waals surface area (Å²) in [6, 6.07) is 0. The molecule has 1 aromatic heterocycles. The van der Waals surface area contributed by atoms with Gasteiger partial charge in [-0.3, -0.25) is 0 Å². The van der Waals surface area contributed by atoms with E-state index in [-0.39, 0.29) is 11.7 Å². The molecule has 0 saturated carbocycles. The van der Waals surface area contributed by atoms with Gasteiger partial charge in [-0.2, -0.15) is 0 Å². The molecule has 1 aromatic rings. The fourth-order valence-electron chi connectivity index (χ4n) is 2.34. The normalized spacial score (nSPS) is 23.1. The second-order valence-electron chi connectivity index (χ2n) is 4.91. The lowest BCUT2D eigenvalue weighted by atomic mass is 10.0. The van der Waals surface area contributed by atoms with Crippen LogP contribution < -0.4 is 5.32 Å². The molecule has 0 aromatic carbocycles. The topological polar surface area (TPSA) is 72.2 Å². The number of aromatic nitrogens is 1. The van der Waals surface area contributed by atoms with Gasteiger partial charge < -0.3 is 9.73 Å². The van der Waals surface area contributed by atoms with Gasteiger partial charge in [0.2, 0.25) is 0 Å². The highest BCUT2D eigenvalue weighted by Gasteiger charge is 2.26. The van der Waals surface area contributed by atoms with Crippen LogP contribution in [0.2, 0.25) is 0 Å². The lowest BCUT2D eigenvalue weighted by Gasteiger charge is -2.20. The van der Waals surface area contributed by atoms with Gasteiger partial charge in [0, 0.05) is 19.4 Å². The summed E-state index contributed by atoms with van der Waals surface area (Å²) in [7, 11) is -0.942. The van der Waals surface area contributed by atoms with Crippen molar-refractivity contribution in [2.75, 3.05) is 25.1 Å². The summed E-state index contributed by atoms with van der Waals surface area (Å²) in [5.41, 5.74) is 0.929. The summed E-state index contributed by atoms with van der Waals surface area (Å²) in [6.45, 7) is 0.865. The van der Waals surface area contributed by atoms with Gasteiger partial charge in [-0.05, 0) is 25.8 Å². The standard InChI is InChI=1S/C12H20N2O3S/c1-13-5-4-11-8-17-12(14-11)7-10-3-2-6-18(15,16)9-10/h8,10,13H,2-7,9H2,1H3. The van der Waals surface area contributed by atoms with Gasteiger partial charge in [0.25, 0.3) is 0 Å². The predicted octanol–water partition coefficient (Wildman–Crippen LogP) is 0.804. The maximum atomic E-state index is 11.5. The van der Waals surface area contributed by atoms with E-state index < -0.39 is 9.84 Å². The van der Waals surface area contributed by atoms with E-state index in [9.17, 15) is 8.42 Å². The minimum Gasteiger partial charge on any atom is -0.449 e. The summed E-state index contributed by atoms with van der Waals surface area (Å²) in [5.74, 6) is 1.45. The van der Waals surface area contributed by atoms with Gasteiger partial charge >= 0.3 is 0 Å². The Labute approximate surface area is 108 Å². The molecule has 1 aliphatic heterocycles. The number of sulfone groups is 1. The zero-order chi connectivity index (χ0) is 13.0. The maximum Gasteiger partial charge on any atom is 0.194 e. The van der Waals surface area contributed by atoms with E-state index in [2.05, 4.69) is 10.3 Å². The zero-order valence-corrected chi connectivity index (χ0v) is 11.5. The number of likely N-dealkylation sites (N-methyl/N-ethyl adjacent to an activating group) is 1. The van der Waals surface area contributed by atoms with Crippen LogP contribution in [0.1, 0.15) is 24.4 Å². The molecule has 0 spiro atoms. The van der Waals surface area contributed by atoms with Crippen molar-refractivity contribution >= 4 is 9.84 Å². The van der Waals surface area contributed by atoms with E-state index in [0.717, 1.165) is 31.5 Å². The Balaban J connectivity index is 1.91. The molecule has 0 amide bonds. The van der Waals surface area contributed by atoms with Crippen LogP contribution in [0, 0.1) is 5.92 Å². The first kappa shape index (κ1) is 13.5. The van der Waals surface area contributed by atoms with Crippen molar-refractivity contribution < 1.29 is 12.8 Å². The highest BCUT2D eigenvalue weighted by molar-refractivity contribution is 7.91. The molecule has 18 heavy (non-hydrogen) atoms. The van der Waals surface area contributed by atoms with Gasteiger partial charge in [-0.25, -0.2) is 13.4 Å². The number of rotatable bonds is 5. The highest BCUT2D eigenvalue weighted by Crippen LogP contribution is 2.22. The Kier molecular flexibility index (Phi) is 4.40. The molecule has 6 heteroatoms. The van der Waals surface area contributed by atoms with E-state index in [1.807, 2.05) is 7.05 Å². The summed E-state index contributed by atoms with van der Waals surface area (Å²) >= 11 is 0. The molecular weight excluding hydrogens is 252 g/mol. The summed E-state index contributed by atoms with van der Waals surface area (Å²) < 4.78 is 28.5. The molecular formula is C12H20N2O3S. The highest BCUT2D eigenvalue weighted by atomic mass is 32.2. The van der Waals surface area contributed by atoms with Crippen LogP contribution in [-0.4, -0.2) is 38.5 Å². The van der Waals surface area contributed by atoms with Crippen molar-refractivity contribution in [3.63, 3.8) is 0 Å². The Morgan fingerprint density at radius 2 is 2.39 bits per heavy atom. The van der Waals surface area contributed by atoms with Crippen LogP contribution >= 0.6 is 0 Å². The molecule has 1 N–H and O–H groups in total. The van der Waals surface area contributed by atoms with Crippen LogP contribution in [0.25, 0.3) is 0 Å². The van der Waals surface area contributed by atoms with Gasteiger partial charge in [0.1, 0.15) is 6.26 Å². The maximum absolute atomic E-state index is 11.5. The molecule has 0 aliphatic carbocycles. The Morgan fingerprint density at radius 1 is 1.56 bits per heavy atom. The van der Waals surface area contributed by atoms with Gasteiger partial charge in [0.15, 0.2) is 15.7 Å². The van der Waals surface area contributed by atoms with Crippen molar-refractivity contribution in [1.29, 1.82) is 0 Å². The third kappa shape index (κ3) is 3.81. The second kappa shape index (κ2) is 5.84. The minimum absolute atomic E-state index is 0.166. The fourth-order valence-corrected chi connectivity index (χ4v) is 4.11. The van der Waals surface area contributed by atoms with Crippen LogP contribution in [-0.2, 0) is 22.7 Å². The predicted molar refractivity (Wildman–Crippen MR) is 69.2 cm³/mol. The van der Waals surface area contributed by atoms with E-state index in [0.29, 0.717) is 18.1 Å². The SMILES string of the molecule is CNCCc1coc(CC2CCCS(=O)(=O)C2)n1. The molecule has 1 atom stereocenters. The van der Waals surface area contributed by atoms with Crippen molar-refractivity contribution in [1.82, 2.24) is 10.3 Å². The Hall–Kier alpha value is -0.880. The Bertz CT molecular complexity index is 481. The lowest BCUT2D eigenvalue weighted by molar-refractivity contribution is 0.416. The van der Waals surface area contributed by atoms with E-state index in [4.69, 9.17) is 4.42 Å². The smallest absolute Gasteiger partial charge is 0.194 e. The first-order chi connectivity index (χ1) is 8.59. The largest absolute Gasteiger partial charge is 0.449 e. The van der Waals surface area contributed by atoms with Crippen molar-refractivity contribution in [3.05, 3.63) is 17.8 Å². The Morgan fingerprint density at radius 3 is 3.11 bits per heavy atom. The van der Waals surface area contributed by atoms with Crippen molar-refractivity contribution in [2.45, 2.75) is 25.7 Å². The van der Waals surface area contributed by atoms with E-state index in [1.165, 1.54) is 0 Å². The van der Waals surface area contributed by atoms with Crippen LogP contribution in [0.15, 0.2) is 10.7 Å². The summed E-state index contributed by atoms with van der Waals surface area (Å²) in [5, 5.41) is 3.06. The third-order valence-electron chi connectivity index (χ3n) is 3.25. The first-order valence-corrected chi connectivity index (χ1v) is 8.19. The van der Waals surface area contributed by atoms with Crippen molar-refractivity contribution in [2.24, 2.45) is 5.92 Å². The van der Waals surface area contributed by atoms with Gasteiger partial charge in [-0.15, -0.1) is 0 Å². The molecule has 1 saturated heterocycles. The van der Waals surface area contributed by atoms with Gasteiger partial charge in [-0.1, -0.05) is 0 Å². The molecule has 1 unspecified atom stereocenters. The van der Waals surface area contributed by atoms with Gasteiger partial charge in [0.05, 0.1) is 17.2 Å². The molecule has 102 valence electrons. The number of nitrogens with zero attached hydrogens (tertiary/aromatic N) is 1. The fraction of sp³-hybridized carbons (Fsp3) is 0.750. The van der Waals surface area contributed by atoms with Crippen LogP contribution in [0.3, 0.4) is 0 Å².